The molecule has 0 atom stereocenters. The van der Waals surface area contributed by atoms with Crippen molar-refractivity contribution in [3.05, 3.63) is 72.6 Å². The lowest BCUT2D eigenvalue weighted by molar-refractivity contribution is -0.116. The van der Waals surface area contributed by atoms with Gasteiger partial charge < -0.3 is 19.9 Å². The summed E-state index contributed by atoms with van der Waals surface area (Å²) in [5, 5.41) is 14.6. The van der Waals surface area contributed by atoms with Gasteiger partial charge in [0, 0.05) is 17.9 Å². The number of methoxy groups -OCH3 is 1. The molecule has 0 saturated heterocycles. The van der Waals surface area contributed by atoms with E-state index in [0.717, 1.165) is 5.69 Å². The van der Waals surface area contributed by atoms with Crippen LogP contribution in [0.5, 0.6) is 5.75 Å². The lowest BCUT2D eigenvalue weighted by Crippen LogP contribution is -2.18. The second kappa shape index (κ2) is 12.0. The average Bonchev–Trinajstić information content (AvgIpc) is 3.19. The normalized spacial score (nSPS) is 10.7. The largest absolute Gasteiger partial charge is 0.497 e. The van der Waals surface area contributed by atoms with Crippen LogP contribution in [0.2, 0.25) is 0 Å². The zero-order chi connectivity index (χ0) is 24.5. The highest BCUT2D eigenvalue weighted by molar-refractivity contribution is 7.99. The Morgan fingerprint density at radius 1 is 1.03 bits per heavy atom. The van der Waals surface area contributed by atoms with E-state index in [9.17, 15) is 9.59 Å². The first-order chi connectivity index (χ1) is 16.4. The number of anilines is 2. The molecule has 0 bridgehead atoms. The number of allylic oxidation sites excluding steroid dienone is 1. The first-order valence-electron chi connectivity index (χ1n) is 10.9. The van der Waals surface area contributed by atoms with Crippen molar-refractivity contribution < 1.29 is 14.3 Å². The van der Waals surface area contributed by atoms with Gasteiger partial charge in [-0.1, -0.05) is 43.8 Å². The van der Waals surface area contributed by atoms with Crippen LogP contribution in [0.4, 0.5) is 11.4 Å². The second-order valence-electron chi connectivity index (χ2n) is 7.87. The minimum Gasteiger partial charge on any atom is -0.497 e. The molecule has 0 fully saturated rings. The van der Waals surface area contributed by atoms with Crippen LogP contribution in [0.3, 0.4) is 0 Å². The van der Waals surface area contributed by atoms with Gasteiger partial charge in [0.25, 0.3) is 0 Å². The Kier molecular flexibility index (Phi) is 8.86. The van der Waals surface area contributed by atoms with Gasteiger partial charge in [-0.15, -0.1) is 16.8 Å². The van der Waals surface area contributed by atoms with Crippen molar-refractivity contribution in [1.29, 1.82) is 0 Å². The van der Waals surface area contributed by atoms with Crippen molar-refractivity contribution in [2.24, 2.45) is 0 Å². The van der Waals surface area contributed by atoms with Gasteiger partial charge in [-0.3, -0.25) is 9.59 Å². The van der Waals surface area contributed by atoms with Crippen LogP contribution >= 0.6 is 11.8 Å². The highest BCUT2D eigenvalue weighted by Crippen LogP contribution is 2.21. The number of nitrogens with zero attached hydrogens (tertiary/aromatic N) is 3. The Labute approximate surface area is 203 Å². The molecular weight excluding hydrogens is 450 g/mol. The summed E-state index contributed by atoms with van der Waals surface area (Å²) in [6, 6.07) is 14.9. The van der Waals surface area contributed by atoms with Crippen molar-refractivity contribution in [3.63, 3.8) is 0 Å². The Bertz CT molecular complexity index is 1120. The number of benzene rings is 2. The number of carbonyl (C=O) groups is 2. The highest BCUT2D eigenvalue weighted by atomic mass is 32.2. The molecule has 1 aromatic heterocycles. The first-order valence-corrected chi connectivity index (χ1v) is 11.9. The number of ether oxygens (including phenoxy) is 1. The molecule has 2 N–H and O–H groups in total. The number of carbonyl (C=O) groups excluding carboxylic acids is 2. The van der Waals surface area contributed by atoms with Crippen molar-refractivity contribution in [2.75, 3.05) is 23.5 Å². The Morgan fingerprint density at radius 2 is 1.65 bits per heavy atom. The lowest BCUT2D eigenvalue weighted by atomic mass is 10.0. The summed E-state index contributed by atoms with van der Waals surface area (Å²) in [6.07, 6.45) is 1.75. The molecule has 0 unspecified atom stereocenters. The second-order valence-corrected chi connectivity index (χ2v) is 8.81. The predicted molar refractivity (Wildman–Crippen MR) is 135 cm³/mol. The van der Waals surface area contributed by atoms with Gasteiger partial charge in [-0.05, 0) is 47.9 Å². The van der Waals surface area contributed by atoms with E-state index in [4.69, 9.17) is 4.74 Å². The maximum atomic E-state index is 12.5. The van der Waals surface area contributed by atoms with Crippen molar-refractivity contribution in [3.8, 4) is 5.75 Å². The van der Waals surface area contributed by atoms with Crippen LogP contribution in [0, 0.1) is 0 Å². The van der Waals surface area contributed by atoms with E-state index < -0.39 is 0 Å². The Morgan fingerprint density at radius 3 is 2.24 bits per heavy atom. The third-order valence-electron chi connectivity index (χ3n) is 4.99. The van der Waals surface area contributed by atoms with Gasteiger partial charge in [-0.25, -0.2) is 0 Å². The fraction of sp³-hybridized carbons (Fsp3) is 0.280. The lowest BCUT2D eigenvalue weighted by Gasteiger charge is -2.10. The van der Waals surface area contributed by atoms with Crippen LogP contribution < -0.4 is 15.4 Å². The maximum absolute atomic E-state index is 12.5. The molecule has 0 aliphatic heterocycles. The minimum atomic E-state index is -0.220. The third-order valence-corrected chi connectivity index (χ3v) is 5.96. The molecule has 3 aromatic rings. The van der Waals surface area contributed by atoms with Crippen LogP contribution in [0.15, 0.2) is 66.3 Å². The number of aromatic nitrogens is 3. The molecule has 9 heteroatoms. The van der Waals surface area contributed by atoms with Crippen molar-refractivity contribution in [2.45, 2.75) is 37.9 Å². The molecule has 2 amide bonds. The molecule has 8 nitrogen and oxygen atoms in total. The fourth-order valence-electron chi connectivity index (χ4n) is 3.17. The summed E-state index contributed by atoms with van der Waals surface area (Å²) in [5.74, 6) is 1.44. The van der Waals surface area contributed by atoms with E-state index in [1.54, 1.807) is 42.0 Å². The SMILES string of the molecule is C=CCn1c(CC(=O)Nc2ccc(OC)cc2)nnc1SCC(=O)Nc1ccc(C(C)C)cc1. The maximum Gasteiger partial charge on any atom is 0.234 e. The summed E-state index contributed by atoms with van der Waals surface area (Å²) >= 11 is 1.26. The smallest absolute Gasteiger partial charge is 0.234 e. The van der Waals surface area contributed by atoms with E-state index in [1.165, 1.54) is 17.3 Å². The molecule has 3 rings (SSSR count). The fourth-order valence-corrected chi connectivity index (χ4v) is 3.94. The molecule has 0 aliphatic carbocycles. The summed E-state index contributed by atoms with van der Waals surface area (Å²) in [4.78, 5) is 24.9. The molecule has 0 saturated carbocycles. The third kappa shape index (κ3) is 6.95. The van der Waals surface area contributed by atoms with Gasteiger partial charge in [0.05, 0.1) is 19.3 Å². The van der Waals surface area contributed by atoms with E-state index >= 15 is 0 Å². The number of hydrogen-bond donors (Lipinski definition) is 2. The van der Waals surface area contributed by atoms with Crippen LogP contribution in [0.1, 0.15) is 31.2 Å². The molecule has 1 heterocycles. The molecule has 0 aliphatic rings. The molecule has 178 valence electrons. The highest BCUT2D eigenvalue weighted by Gasteiger charge is 2.16. The number of thioether (sulfide) groups is 1. The van der Waals surface area contributed by atoms with Crippen LogP contribution in [0.25, 0.3) is 0 Å². The van der Waals surface area contributed by atoms with Gasteiger partial charge in [0.1, 0.15) is 11.6 Å². The zero-order valence-electron chi connectivity index (χ0n) is 19.6. The van der Waals surface area contributed by atoms with E-state index in [0.29, 0.717) is 34.9 Å². The Balaban J connectivity index is 1.58. The molecular formula is C25H29N5O3S. The summed E-state index contributed by atoms with van der Waals surface area (Å²) in [6.45, 7) is 8.45. The van der Waals surface area contributed by atoms with Crippen LogP contribution in [-0.4, -0.2) is 39.4 Å². The van der Waals surface area contributed by atoms with E-state index in [2.05, 4.69) is 41.3 Å². The predicted octanol–water partition coefficient (Wildman–Crippen LogP) is 4.51. The van der Waals surface area contributed by atoms with Crippen LogP contribution in [-0.2, 0) is 22.6 Å². The molecule has 0 radical (unpaired) electrons. The quantitative estimate of drug-likeness (QED) is 0.310. The summed E-state index contributed by atoms with van der Waals surface area (Å²) in [5.41, 5.74) is 2.63. The van der Waals surface area contributed by atoms with Gasteiger partial charge in [-0.2, -0.15) is 0 Å². The summed E-state index contributed by atoms with van der Waals surface area (Å²) < 4.78 is 6.91. The summed E-state index contributed by atoms with van der Waals surface area (Å²) in [7, 11) is 1.59. The monoisotopic (exact) mass is 479 g/mol. The van der Waals surface area contributed by atoms with Gasteiger partial charge >= 0.3 is 0 Å². The average molecular weight is 480 g/mol. The van der Waals surface area contributed by atoms with Gasteiger partial charge in [0.15, 0.2) is 5.16 Å². The number of amides is 2. The standard InChI is InChI=1S/C25H29N5O3S/c1-5-14-30-22(15-23(31)26-20-10-12-21(33-4)13-11-20)28-29-25(30)34-16-24(32)27-19-8-6-18(7-9-19)17(2)3/h5-13,17H,1,14-16H2,2-4H3,(H,26,31)(H,27,32). The van der Waals surface area contributed by atoms with E-state index in [1.807, 2.05) is 24.3 Å². The number of hydrogen-bond acceptors (Lipinski definition) is 6. The zero-order valence-corrected chi connectivity index (χ0v) is 20.4. The van der Waals surface area contributed by atoms with Crippen molar-refractivity contribution >= 4 is 35.0 Å². The number of nitrogens with one attached hydrogen (secondary N) is 2. The Hall–Kier alpha value is -3.59. The molecule has 0 spiro atoms. The van der Waals surface area contributed by atoms with Gasteiger partial charge in [0.2, 0.25) is 11.8 Å². The number of rotatable bonds is 11. The van der Waals surface area contributed by atoms with E-state index in [-0.39, 0.29) is 24.0 Å². The molecule has 2 aromatic carbocycles. The molecule has 34 heavy (non-hydrogen) atoms. The van der Waals surface area contributed by atoms with Crippen molar-refractivity contribution in [1.82, 2.24) is 14.8 Å². The first kappa shape index (κ1) is 25.0. The topological polar surface area (TPSA) is 98.1 Å². The minimum absolute atomic E-state index is 0.0435.